The molecule has 2 bridgehead atoms. The lowest BCUT2D eigenvalue weighted by Gasteiger charge is -2.26. The number of carbonyl (C=O) groups excluding carboxylic acids is 4. The zero-order valence-corrected chi connectivity index (χ0v) is 30.5. The summed E-state index contributed by atoms with van der Waals surface area (Å²) in [6, 6.07) is 4.85. The van der Waals surface area contributed by atoms with E-state index in [2.05, 4.69) is 26.2 Å². The van der Waals surface area contributed by atoms with Crippen molar-refractivity contribution in [2.75, 3.05) is 32.8 Å². The number of nitrogens with one attached hydrogen (secondary N) is 4. The van der Waals surface area contributed by atoms with E-state index in [4.69, 9.17) is 14.7 Å². The molecule has 4 amide bonds. The van der Waals surface area contributed by atoms with Crippen LogP contribution in [0.1, 0.15) is 101 Å². The van der Waals surface area contributed by atoms with Gasteiger partial charge in [-0.05, 0) is 75.6 Å². The van der Waals surface area contributed by atoms with E-state index in [-0.39, 0.29) is 30.8 Å². The number of aliphatic hydroxyl groups excluding tert-OH is 1. The fourth-order valence-corrected chi connectivity index (χ4v) is 6.60. The molecule has 1 fully saturated rings. The lowest BCUT2D eigenvalue weighted by atomic mass is 9.89. The number of aromatic nitrogens is 2. The van der Waals surface area contributed by atoms with Crippen LogP contribution in [0.15, 0.2) is 36.7 Å². The van der Waals surface area contributed by atoms with Gasteiger partial charge in [-0.2, -0.15) is 0 Å². The minimum absolute atomic E-state index is 0.0150. The summed E-state index contributed by atoms with van der Waals surface area (Å²) in [5, 5.41) is 21.7. The van der Waals surface area contributed by atoms with Crippen molar-refractivity contribution in [3.8, 4) is 5.75 Å². The molecule has 0 radical (unpaired) electrons. The topological polar surface area (TPSA) is 175 Å². The molecule has 3 atom stereocenters. The third kappa shape index (κ3) is 13.9. The van der Waals surface area contributed by atoms with Crippen LogP contribution in [0.2, 0.25) is 0 Å². The quantitative estimate of drug-likeness (QED) is 0.303. The maximum Gasteiger partial charge on any atom is 0.257 e. The summed E-state index contributed by atoms with van der Waals surface area (Å²) in [5.41, 5.74) is 1.68. The number of rotatable bonds is 6. The van der Waals surface area contributed by atoms with Crippen molar-refractivity contribution >= 4 is 23.6 Å². The van der Waals surface area contributed by atoms with E-state index in [9.17, 15) is 24.3 Å². The smallest absolute Gasteiger partial charge is 0.257 e. The van der Waals surface area contributed by atoms with E-state index in [0.29, 0.717) is 49.7 Å². The second-order valence-electron chi connectivity index (χ2n) is 14.4. The molecule has 0 unspecified atom stereocenters. The molecule has 51 heavy (non-hydrogen) atoms. The van der Waals surface area contributed by atoms with Crippen molar-refractivity contribution in [3.05, 3.63) is 53.6 Å². The molecule has 2 aliphatic rings. The van der Waals surface area contributed by atoms with Crippen LogP contribution in [-0.2, 0) is 32.1 Å². The van der Waals surface area contributed by atoms with E-state index in [1.165, 1.54) is 26.2 Å². The van der Waals surface area contributed by atoms with Gasteiger partial charge in [0.25, 0.3) is 5.91 Å². The summed E-state index contributed by atoms with van der Waals surface area (Å²) >= 11 is 0. The molecule has 1 aliphatic heterocycles. The maximum atomic E-state index is 13.4. The molecule has 1 aromatic heterocycles. The number of ether oxygens (including phenoxy) is 1. The van der Waals surface area contributed by atoms with Crippen LogP contribution in [-0.4, -0.2) is 94.6 Å². The number of fused-ring (bicyclic) bond motifs is 2. The lowest BCUT2D eigenvalue weighted by molar-refractivity contribution is -0.134. The van der Waals surface area contributed by atoms with Gasteiger partial charge in [0, 0.05) is 50.1 Å². The van der Waals surface area contributed by atoms with Crippen molar-refractivity contribution in [1.29, 1.82) is 0 Å². The van der Waals surface area contributed by atoms with Crippen molar-refractivity contribution in [3.63, 3.8) is 0 Å². The molecular weight excluding hydrogens is 650 g/mol. The van der Waals surface area contributed by atoms with Gasteiger partial charge in [-0.1, -0.05) is 45.2 Å². The molecule has 13 nitrogen and oxygen atoms in total. The van der Waals surface area contributed by atoms with Gasteiger partial charge < -0.3 is 31.1 Å². The van der Waals surface area contributed by atoms with E-state index in [1.54, 1.807) is 24.3 Å². The Morgan fingerprint density at radius 1 is 0.863 bits per heavy atom. The number of hydrogen-bond donors (Lipinski definition) is 5. The first-order valence-electron chi connectivity index (χ1n) is 18.6. The molecular formula is C38H57N7O6. The Morgan fingerprint density at radius 2 is 1.59 bits per heavy atom. The minimum Gasteiger partial charge on any atom is -0.484 e. The van der Waals surface area contributed by atoms with Gasteiger partial charge >= 0.3 is 0 Å². The SMILES string of the molecule is CC(C)C[C@H]1NC(=O)Cc2cccc(c2)OCC(=O)NCCCN(Cc2cnc(C3CCCCC3)nc2)CCCCNC(=O)[C@H]([C@@H](C)O)NC1=O. The Kier molecular flexibility index (Phi) is 16.1. The van der Waals surface area contributed by atoms with Gasteiger partial charge in [-0.15, -0.1) is 0 Å². The second kappa shape index (κ2) is 20.7. The fourth-order valence-electron chi connectivity index (χ4n) is 6.60. The molecule has 13 heteroatoms. The van der Waals surface area contributed by atoms with Crippen LogP contribution in [0.3, 0.4) is 0 Å². The van der Waals surface area contributed by atoms with E-state index >= 15 is 0 Å². The van der Waals surface area contributed by atoms with Gasteiger partial charge in [0.15, 0.2) is 6.61 Å². The van der Waals surface area contributed by atoms with Gasteiger partial charge in [0.1, 0.15) is 23.7 Å². The lowest BCUT2D eigenvalue weighted by Crippen LogP contribution is -2.57. The monoisotopic (exact) mass is 707 g/mol. The molecule has 0 spiro atoms. The molecule has 0 saturated heterocycles. The van der Waals surface area contributed by atoms with E-state index < -0.39 is 30.0 Å². The van der Waals surface area contributed by atoms with E-state index in [1.807, 2.05) is 26.2 Å². The second-order valence-corrected chi connectivity index (χ2v) is 14.4. The molecule has 280 valence electrons. The van der Waals surface area contributed by atoms with Crippen LogP contribution >= 0.6 is 0 Å². The van der Waals surface area contributed by atoms with Gasteiger partial charge in [-0.25, -0.2) is 9.97 Å². The van der Waals surface area contributed by atoms with Crippen molar-refractivity contribution in [2.45, 2.75) is 116 Å². The number of hydrogen-bond acceptors (Lipinski definition) is 9. The van der Waals surface area contributed by atoms with Crippen LogP contribution in [0, 0.1) is 5.92 Å². The van der Waals surface area contributed by atoms with E-state index in [0.717, 1.165) is 50.2 Å². The molecule has 5 N–H and O–H groups in total. The third-order valence-corrected chi connectivity index (χ3v) is 9.33. The predicted molar refractivity (Wildman–Crippen MR) is 194 cm³/mol. The van der Waals surface area contributed by atoms with Crippen LogP contribution < -0.4 is 26.0 Å². The van der Waals surface area contributed by atoms with Crippen LogP contribution in [0.5, 0.6) is 5.75 Å². The highest BCUT2D eigenvalue weighted by Crippen LogP contribution is 2.30. The third-order valence-electron chi connectivity index (χ3n) is 9.33. The summed E-state index contributed by atoms with van der Waals surface area (Å²) in [6.45, 7) is 8.16. The van der Waals surface area contributed by atoms with Crippen molar-refractivity contribution in [2.24, 2.45) is 5.92 Å². The molecule has 1 aromatic carbocycles. The number of benzene rings is 1. The Bertz CT molecular complexity index is 1410. The molecule has 4 rings (SSSR count). The van der Waals surface area contributed by atoms with Crippen molar-refractivity contribution in [1.82, 2.24) is 36.1 Å². The van der Waals surface area contributed by atoms with Gasteiger partial charge in [0.05, 0.1) is 12.5 Å². The van der Waals surface area contributed by atoms with Crippen LogP contribution in [0.4, 0.5) is 0 Å². The van der Waals surface area contributed by atoms with Crippen molar-refractivity contribution < 1.29 is 29.0 Å². The summed E-state index contributed by atoms with van der Waals surface area (Å²) in [5.74, 6) is 0.260. The predicted octanol–water partition coefficient (Wildman–Crippen LogP) is 2.76. The highest BCUT2D eigenvalue weighted by Gasteiger charge is 2.30. The van der Waals surface area contributed by atoms with Crippen LogP contribution in [0.25, 0.3) is 0 Å². The number of nitrogens with zero attached hydrogens (tertiary/aromatic N) is 3. The molecule has 1 saturated carbocycles. The fraction of sp³-hybridized carbons (Fsp3) is 0.632. The largest absolute Gasteiger partial charge is 0.484 e. The minimum atomic E-state index is -1.17. The summed E-state index contributed by atoms with van der Waals surface area (Å²) < 4.78 is 5.73. The number of aliphatic hydroxyl groups is 1. The Hall–Kier alpha value is -4.10. The average molecular weight is 708 g/mol. The molecule has 2 heterocycles. The van der Waals surface area contributed by atoms with Gasteiger partial charge in [0.2, 0.25) is 17.7 Å². The molecule has 1 aliphatic carbocycles. The first kappa shape index (κ1) is 39.7. The Balaban J connectivity index is 1.44. The Morgan fingerprint density at radius 3 is 2.31 bits per heavy atom. The standard InChI is InChI=1S/C38H57N7O6/c1-26(2)19-32-37(49)44-35(27(3)46)38(50)40-15-7-8-17-45(24-29-22-41-36(42-23-29)30-12-5-4-6-13-30)18-10-16-39-34(48)25-51-31-14-9-11-28(20-31)21-33(47)43-32/h9,11,14,20,22-23,26-27,30,32,35,46H,4-8,10,12-13,15-19,21,24-25H2,1-3H3,(H,39,48)(H,40,50)(H,43,47)(H,44,49)/t27-,32-,35+/m1/s1. The first-order chi connectivity index (χ1) is 24.6. The number of carbonyl (C=O) groups is 4. The maximum absolute atomic E-state index is 13.4. The van der Waals surface area contributed by atoms with Gasteiger partial charge in [-0.3, -0.25) is 24.1 Å². The summed E-state index contributed by atoms with van der Waals surface area (Å²) in [4.78, 5) is 63.9. The first-order valence-corrected chi connectivity index (χ1v) is 18.6. The highest BCUT2D eigenvalue weighted by molar-refractivity contribution is 5.92. The Labute approximate surface area is 302 Å². The summed E-state index contributed by atoms with van der Waals surface area (Å²) in [7, 11) is 0. The normalized spacial score (nSPS) is 22.5. The average Bonchev–Trinajstić information content (AvgIpc) is 3.10. The number of amides is 4. The highest BCUT2D eigenvalue weighted by atomic mass is 16.5. The zero-order valence-electron chi connectivity index (χ0n) is 30.5. The summed E-state index contributed by atoms with van der Waals surface area (Å²) in [6.07, 6.45) is 11.3. The zero-order chi connectivity index (χ0) is 36.6. The molecule has 2 aromatic rings.